The molecule has 6 nitrogen and oxygen atoms in total. The van der Waals surface area contributed by atoms with Crippen LogP contribution >= 0.6 is 0 Å². The molecule has 0 radical (unpaired) electrons. The van der Waals surface area contributed by atoms with Crippen LogP contribution < -0.4 is 14.2 Å². The van der Waals surface area contributed by atoms with Crippen molar-refractivity contribution in [2.24, 2.45) is 5.92 Å². The molecule has 2 aromatic heterocycles. The summed E-state index contributed by atoms with van der Waals surface area (Å²) in [7, 11) is 3.14. The second kappa shape index (κ2) is 5.36. The molecule has 0 aliphatic carbocycles. The van der Waals surface area contributed by atoms with E-state index in [1.165, 1.54) is 6.20 Å². The number of fused-ring (bicyclic) bond motifs is 3. The van der Waals surface area contributed by atoms with Gasteiger partial charge in [0.2, 0.25) is 11.7 Å². The molecule has 0 unspecified atom stereocenters. The van der Waals surface area contributed by atoms with Crippen LogP contribution in [0.15, 0.2) is 24.7 Å². The molecule has 0 saturated carbocycles. The lowest BCUT2D eigenvalue weighted by Crippen LogP contribution is -2.26. The van der Waals surface area contributed by atoms with Crippen LogP contribution in [0.3, 0.4) is 0 Å². The summed E-state index contributed by atoms with van der Waals surface area (Å²) in [6.07, 6.45) is 3.28. The molecule has 0 amide bonds. The lowest BCUT2D eigenvalue weighted by molar-refractivity contribution is -0.575. The maximum absolute atomic E-state index is 12.3. The predicted molar refractivity (Wildman–Crippen MR) is 84.1 cm³/mol. The van der Waals surface area contributed by atoms with Gasteiger partial charge in [-0.25, -0.2) is 4.98 Å². The minimum Gasteiger partial charge on any atom is -0.618 e. The quantitative estimate of drug-likeness (QED) is 0.548. The minimum atomic E-state index is 0.479. The van der Waals surface area contributed by atoms with E-state index >= 15 is 0 Å². The van der Waals surface area contributed by atoms with Crippen LogP contribution in [0.2, 0.25) is 0 Å². The second-order valence-electron chi connectivity index (χ2n) is 5.70. The zero-order valence-corrected chi connectivity index (χ0v) is 13.2. The van der Waals surface area contributed by atoms with Crippen LogP contribution in [0.5, 0.6) is 11.5 Å². The molecule has 0 aliphatic heterocycles. The molecule has 6 heteroatoms. The third-order valence-corrected chi connectivity index (χ3v) is 3.66. The van der Waals surface area contributed by atoms with Crippen molar-refractivity contribution in [3.63, 3.8) is 0 Å². The zero-order valence-electron chi connectivity index (χ0n) is 13.2. The number of nitrogens with zero attached hydrogens (tertiary/aromatic N) is 3. The Morgan fingerprint density at radius 1 is 1.23 bits per heavy atom. The van der Waals surface area contributed by atoms with Gasteiger partial charge in [-0.3, -0.25) is 0 Å². The van der Waals surface area contributed by atoms with Gasteiger partial charge < -0.3 is 19.2 Å². The van der Waals surface area contributed by atoms with E-state index in [4.69, 9.17) is 9.47 Å². The Kier molecular flexibility index (Phi) is 3.52. The van der Waals surface area contributed by atoms with Crippen LogP contribution in [0.4, 0.5) is 0 Å². The molecule has 0 saturated heterocycles. The summed E-state index contributed by atoms with van der Waals surface area (Å²) < 4.78 is 13.6. The maximum Gasteiger partial charge on any atom is 0.230 e. The highest BCUT2D eigenvalue weighted by Crippen LogP contribution is 2.34. The number of hydrogen-bond acceptors (Lipinski definition) is 4. The van der Waals surface area contributed by atoms with Crippen molar-refractivity contribution in [3.05, 3.63) is 29.9 Å². The van der Waals surface area contributed by atoms with E-state index in [1.54, 1.807) is 26.6 Å². The van der Waals surface area contributed by atoms with Crippen molar-refractivity contribution in [3.8, 4) is 11.5 Å². The van der Waals surface area contributed by atoms with Gasteiger partial charge in [0.1, 0.15) is 0 Å². The Morgan fingerprint density at radius 2 is 1.91 bits per heavy atom. The molecular weight excluding hydrogens is 282 g/mol. The molecule has 3 aromatic rings. The van der Waals surface area contributed by atoms with Crippen LogP contribution in [-0.2, 0) is 6.54 Å². The van der Waals surface area contributed by atoms with Crippen molar-refractivity contribution in [2.75, 3.05) is 14.2 Å². The number of rotatable bonds is 4. The van der Waals surface area contributed by atoms with Gasteiger partial charge in [0.25, 0.3) is 0 Å². The highest BCUT2D eigenvalue weighted by Gasteiger charge is 2.18. The fourth-order valence-corrected chi connectivity index (χ4v) is 2.74. The van der Waals surface area contributed by atoms with Crippen molar-refractivity contribution in [1.29, 1.82) is 0 Å². The predicted octanol–water partition coefficient (Wildman–Crippen LogP) is 2.50. The van der Waals surface area contributed by atoms with E-state index in [-0.39, 0.29) is 0 Å². The molecule has 0 atom stereocenters. The van der Waals surface area contributed by atoms with Gasteiger partial charge in [-0.1, -0.05) is 13.8 Å². The van der Waals surface area contributed by atoms with E-state index in [2.05, 4.69) is 23.4 Å². The average Bonchev–Trinajstić information content (AvgIpc) is 2.88. The molecule has 0 spiro atoms. The summed E-state index contributed by atoms with van der Waals surface area (Å²) >= 11 is 0. The molecule has 3 rings (SSSR count). The highest BCUT2D eigenvalue weighted by molar-refractivity contribution is 6.01. The van der Waals surface area contributed by atoms with E-state index in [1.807, 2.05) is 6.07 Å². The van der Waals surface area contributed by atoms with Gasteiger partial charge in [-0.15, -0.1) is 0 Å². The van der Waals surface area contributed by atoms with Gasteiger partial charge in [0, 0.05) is 12.6 Å². The average molecular weight is 301 g/mol. The van der Waals surface area contributed by atoms with E-state index in [9.17, 15) is 5.21 Å². The maximum atomic E-state index is 12.3. The number of aromatic nitrogens is 3. The first-order chi connectivity index (χ1) is 10.5. The molecular formula is C16H19N3O3. The van der Waals surface area contributed by atoms with Crippen LogP contribution in [0.25, 0.3) is 21.9 Å². The Labute approximate surface area is 128 Å². The molecule has 0 N–H and O–H groups in total. The first kappa shape index (κ1) is 14.4. The van der Waals surface area contributed by atoms with Gasteiger partial charge in [0.15, 0.2) is 17.0 Å². The Hall–Kier alpha value is -2.50. The van der Waals surface area contributed by atoms with Crippen LogP contribution in [-0.4, -0.2) is 23.8 Å². The first-order valence-electron chi connectivity index (χ1n) is 7.18. The molecule has 22 heavy (non-hydrogen) atoms. The highest BCUT2D eigenvalue weighted by atomic mass is 16.5. The summed E-state index contributed by atoms with van der Waals surface area (Å²) in [5, 5.41) is 13.1. The molecule has 1 aromatic carbocycles. The Balaban J connectivity index is 2.39. The number of imidazole rings is 1. The number of pyridine rings is 1. The monoisotopic (exact) mass is 301 g/mol. The van der Waals surface area contributed by atoms with Crippen molar-refractivity contribution < 1.29 is 14.2 Å². The summed E-state index contributed by atoms with van der Waals surface area (Å²) in [6.45, 7) is 5.13. The summed E-state index contributed by atoms with van der Waals surface area (Å²) in [5.41, 5.74) is 2.16. The topological polar surface area (TPSA) is 63.2 Å². The lowest BCUT2D eigenvalue weighted by atomic mass is 10.1. The number of methoxy groups -OCH3 is 2. The molecule has 2 heterocycles. The summed E-state index contributed by atoms with van der Waals surface area (Å²) in [5.74, 6) is 1.61. The molecule has 0 fully saturated rings. The molecule has 0 bridgehead atoms. The summed E-state index contributed by atoms with van der Waals surface area (Å²) in [4.78, 5) is 4.35. The number of benzene rings is 1. The van der Waals surface area contributed by atoms with Crippen molar-refractivity contribution in [1.82, 2.24) is 9.55 Å². The van der Waals surface area contributed by atoms with E-state index in [0.29, 0.717) is 28.5 Å². The molecule has 0 aliphatic rings. The van der Waals surface area contributed by atoms with Crippen molar-refractivity contribution >= 4 is 21.9 Å². The first-order valence-corrected chi connectivity index (χ1v) is 7.18. The van der Waals surface area contributed by atoms with Crippen LogP contribution in [0.1, 0.15) is 13.8 Å². The normalized spacial score (nSPS) is 11.5. The largest absolute Gasteiger partial charge is 0.618 e. The van der Waals surface area contributed by atoms with Gasteiger partial charge >= 0.3 is 0 Å². The second-order valence-corrected chi connectivity index (χ2v) is 5.70. The SMILES string of the molecule is COc1cc2c3c(c[n+]([O-])c2cc1OC)ncn3CC(C)C. The Bertz CT molecular complexity index is 840. The standard InChI is InChI=1S/C16H19N3O3/c1-10(2)7-18-9-17-12-8-19(20)13-6-15(22-4)14(21-3)5-11(13)16(12)18/h5-6,8-10H,7H2,1-4H3. The van der Waals surface area contributed by atoms with E-state index < -0.39 is 0 Å². The third-order valence-electron chi connectivity index (χ3n) is 3.66. The van der Waals surface area contributed by atoms with Gasteiger partial charge in [-0.2, -0.15) is 4.73 Å². The van der Waals surface area contributed by atoms with E-state index in [0.717, 1.165) is 22.2 Å². The fourth-order valence-electron chi connectivity index (χ4n) is 2.74. The zero-order chi connectivity index (χ0) is 15.9. The number of hydrogen-bond donors (Lipinski definition) is 0. The summed E-state index contributed by atoms with van der Waals surface area (Å²) in [6, 6.07) is 3.54. The number of ether oxygens (including phenoxy) is 2. The van der Waals surface area contributed by atoms with Crippen LogP contribution in [0, 0.1) is 11.1 Å². The third kappa shape index (κ3) is 2.20. The fraction of sp³-hybridized carbons (Fsp3) is 0.375. The van der Waals surface area contributed by atoms with Crippen molar-refractivity contribution in [2.45, 2.75) is 20.4 Å². The molecule has 116 valence electrons. The lowest BCUT2D eigenvalue weighted by Gasteiger charge is -2.12. The van der Waals surface area contributed by atoms with Gasteiger partial charge in [-0.05, 0) is 5.92 Å². The smallest absolute Gasteiger partial charge is 0.230 e. The van der Waals surface area contributed by atoms with Gasteiger partial charge in [0.05, 0.1) is 37.5 Å². The minimum absolute atomic E-state index is 0.479. The Morgan fingerprint density at radius 3 is 2.55 bits per heavy atom.